The van der Waals surface area contributed by atoms with Crippen LogP contribution in [0.2, 0.25) is 0 Å². The van der Waals surface area contributed by atoms with Crippen molar-refractivity contribution in [2.45, 2.75) is 39.8 Å². The van der Waals surface area contributed by atoms with Gasteiger partial charge in [-0.05, 0) is 50.4 Å². The van der Waals surface area contributed by atoms with Crippen LogP contribution >= 0.6 is 0 Å². The molecule has 7 heteroatoms. The van der Waals surface area contributed by atoms with Crippen molar-refractivity contribution in [2.75, 3.05) is 33.3 Å². The second-order valence-corrected chi connectivity index (χ2v) is 6.83. The molecule has 0 unspecified atom stereocenters. The number of nitrogens with zero attached hydrogens (tertiary/aromatic N) is 2. The number of alkyl halides is 2. The molecule has 0 saturated carbocycles. The van der Waals surface area contributed by atoms with E-state index in [0.717, 1.165) is 31.5 Å². The Morgan fingerprint density at radius 3 is 2.62 bits per heavy atom. The van der Waals surface area contributed by atoms with Gasteiger partial charge in [-0.3, -0.25) is 9.69 Å². The highest BCUT2D eigenvalue weighted by atomic mass is 19.3. The molecule has 5 nitrogen and oxygen atoms in total. The summed E-state index contributed by atoms with van der Waals surface area (Å²) >= 11 is 0. The normalized spacial score (nSPS) is 15.6. The van der Waals surface area contributed by atoms with Crippen LogP contribution in [-0.2, 0) is 11.3 Å². The topological polar surface area (TPSA) is 42.0 Å². The smallest absolute Gasteiger partial charge is 0.387 e. The monoisotopic (exact) mass is 370 g/mol. The lowest BCUT2D eigenvalue weighted by Crippen LogP contribution is -2.42. The Kier molecular flexibility index (Phi) is 7.63. The number of amides is 1. The minimum absolute atomic E-state index is 0.0202. The van der Waals surface area contributed by atoms with Crippen molar-refractivity contribution in [1.82, 2.24) is 9.80 Å². The van der Waals surface area contributed by atoms with Crippen LogP contribution < -0.4 is 9.47 Å². The third-order valence-electron chi connectivity index (χ3n) is 4.52. The van der Waals surface area contributed by atoms with E-state index in [4.69, 9.17) is 4.74 Å². The van der Waals surface area contributed by atoms with Gasteiger partial charge < -0.3 is 14.4 Å². The molecule has 1 heterocycles. The third-order valence-corrected chi connectivity index (χ3v) is 4.52. The molecule has 1 aliphatic rings. The Morgan fingerprint density at radius 1 is 1.31 bits per heavy atom. The van der Waals surface area contributed by atoms with E-state index >= 15 is 0 Å². The van der Waals surface area contributed by atoms with Crippen molar-refractivity contribution >= 4 is 5.91 Å². The van der Waals surface area contributed by atoms with Crippen molar-refractivity contribution < 1.29 is 23.0 Å². The van der Waals surface area contributed by atoms with Gasteiger partial charge in [0.15, 0.2) is 11.5 Å². The van der Waals surface area contributed by atoms with Gasteiger partial charge in [-0.1, -0.05) is 13.0 Å². The predicted octanol–water partition coefficient (Wildman–Crippen LogP) is 3.38. The minimum atomic E-state index is -2.90. The number of benzene rings is 1. The first kappa shape index (κ1) is 20.4. The van der Waals surface area contributed by atoms with E-state index in [1.807, 2.05) is 16.8 Å². The van der Waals surface area contributed by atoms with Crippen molar-refractivity contribution in [1.29, 1.82) is 0 Å². The van der Waals surface area contributed by atoms with Gasteiger partial charge >= 0.3 is 6.61 Å². The summed E-state index contributed by atoms with van der Waals surface area (Å²) in [6.45, 7) is 3.94. The van der Waals surface area contributed by atoms with Gasteiger partial charge in [0.05, 0.1) is 13.2 Å². The molecule has 1 aromatic carbocycles. The molecule has 0 N–H and O–H groups in total. The largest absolute Gasteiger partial charge is 0.490 e. The molecule has 0 radical (unpaired) electrons. The number of rotatable bonds is 8. The summed E-state index contributed by atoms with van der Waals surface area (Å²) < 4.78 is 34.8. The molecule has 0 spiro atoms. The van der Waals surface area contributed by atoms with Gasteiger partial charge in [0, 0.05) is 19.6 Å². The van der Waals surface area contributed by atoms with Crippen LogP contribution in [0.5, 0.6) is 11.5 Å². The van der Waals surface area contributed by atoms with E-state index in [9.17, 15) is 13.6 Å². The number of halogens is 2. The number of carbonyl (C=O) groups excluding carboxylic acids is 1. The molecule has 0 aromatic heterocycles. The van der Waals surface area contributed by atoms with E-state index in [2.05, 4.69) is 11.7 Å². The minimum Gasteiger partial charge on any atom is -0.490 e. The molecule has 0 bridgehead atoms. The van der Waals surface area contributed by atoms with Gasteiger partial charge in [0.2, 0.25) is 5.91 Å². The summed E-state index contributed by atoms with van der Waals surface area (Å²) in [4.78, 5) is 16.2. The summed E-state index contributed by atoms with van der Waals surface area (Å²) in [7, 11) is 1.87. The zero-order valence-corrected chi connectivity index (χ0v) is 15.7. The number of hydrogen-bond acceptors (Lipinski definition) is 4. The maximum atomic E-state index is 12.5. The fourth-order valence-electron chi connectivity index (χ4n) is 3.07. The SMILES string of the molecule is CCOc1cc(CN(C)CC(=O)N2CCC(C)CC2)ccc1OC(F)F. The summed E-state index contributed by atoms with van der Waals surface area (Å²) in [5.74, 6) is 1.12. The number of ether oxygens (including phenoxy) is 2. The average molecular weight is 370 g/mol. The Bertz CT molecular complexity index is 590. The molecule has 1 saturated heterocycles. The lowest BCUT2D eigenvalue weighted by atomic mass is 9.99. The molecule has 2 rings (SSSR count). The Labute approximate surface area is 153 Å². The summed E-state index contributed by atoms with van der Waals surface area (Å²) in [5, 5.41) is 0. The van der Waals surface area contributed by atoms with Crippen LogP contribution in [0.25, 0.3) is 0 Å². The van der Waals surface area contributed by atoms with Crippen molar-refractivity contribution in [3.8, 4) is 11.5 Å². The summed E-state index contributed by atoms with van der Waals surface area (Å²) in [6.07, 6.45) is 2.11. The van der Waals surface area contributed by atoms with Crippen molar-refractivity contribution in [2.24, 2.45) is 5.92 Å². The quantitative estimate of drug-likeness (QED) is 0.704. The van der Waals surface area contributed by atoms with E-state index in [0.29, 0.717) is 25.6 Å². The van der Waals surface area contributed by atoms with Crippen LogP contribution in [0.4, 0.5) is 8.78 Å². The van der Waals surface area contributed by atoms with Crippen LogP contribution in [-0.4, -0.2) is 55.6 Å². The molecule has 26 heavy (non-hydrogen) atoms. The first-order chi connectivity index (χ1) is 12.4. The highest BCUT2D eigenvalue weighted by Crippen LogP contribution is 2.30. The van der Waals surface area contributed by atoms with Gasteiger partial charge in [-0.25, -0.2) is 0 Å². The van der Waals surface area contributed by atoms with E-state index in [1.165, 1.54) is 6.07 Å². The molecule has 1 amide bonds. The molecule has 0 aliphatic carbocycles. The predicted molar refractivity (Wildman–Crippen MR) is 95.6 cm³/mol. The van der Waals surface area contributed by atoms with Crippen molar-refractivity contribution in [3.05, 3.63) is 23.8 Å². The number of carbonyl (C=O) groups is 1. The second kappa shape index (κ2) is 9.71. The van der Waals surface area contributed by atoms with Crippen LogP contribution in [0, 0.1) is 5.92 Å². The fourth-order valence-corrected chi connectivity index (χ4v) is 3.07. The summed E-state index contributed by atoms with van der Waals surface area (Å²) in [6, 6.07) is 4.88. The van der Waals surface area contributed by atoms with Gasteiger partial charge in [0.1, 0.15) is 0 Å². The molecule has 1 aromatic rings. The number of piperidine rings is 1. The van der Waals surface area contributed by atoms with Crippen molar-refractivity contribution in [3.63, 3.8) is 0 Å². The van der Waals surface area contributed by atoms with E-state index in [-0.39, 0.29) is 17.4 Å². The van der Waals surface area contributed by atoms with Crippen LogP contribution in [0.15, 0.2) is 18.2 Å². The highest BCUT2D eigenvalue weighted by molar-refractivity contribution is 5.78. The Morgan fingerprint density at radius 2 is 2.00 bits per heavy atom. The fraction of sp³-hybridized carbons (Fsp3) is 0.632. The Hall–Kier alpha value is -1.89. The lowest BCUT2D eigenvalue weighted by Gasteiger charge is -2.31. The molecule has 0 atom stereocenters. The molecular weight excluding hydrogens is 342 g/mol. The molecular formula is C19H28F2N2O3. The standard InChI is InChI=1S/C19H28F2N2O3/c1-4-25-17-11-15(5-6-16(17)26-19(20)21)12-22(3)13-18(24)23-9-7-14(2)8-10-23/h5-6,11,14,19H,4,7-10,12-13H2,1-3H3. The first-order valence-electron chi connectivity index (χ1n) is 9.06. The van der Waals surface area contributed by atoms with Gasteiger partial charge in [0.25, 0.3) is 0 Å². The number of likely N-dealkylation sites (tertiary alicyclic amines) is 1. The Balaban J connectivity index is 1.94. The molecule has 1 fully saturated rings. The van der Waals surface area contributed by atoms with E-state index in [1.54, 1.807) is 19.1 Å². The van der Waals surface area contributed by atoms with Crippen LogP contribution in [0.3, 0.4) is 0 Å². The second-order valence-electron chi connectivity index (χ2n) is 6.83. The average Bonchev–Trinajstić information content (AvgIpc) is 2.57. The maximum Gasteiger partial charge on any atom is 0.387 e. The number of hydrogen-bond donors (Lipinski definition) is 0. The summed E-state index contributed by atoms with van der Waals surface area (Å²) in [5.41, 5.74) is 0.873. The highest BCUT2D eigenvalue weighted by Gasteiger charge is 2.21. The van der Waals surface area contributed by atoms with Gasteiger partial charge in [-0.15, -0.1) is 0 Å². The van der Waals surface area contributed by atoms with Gasteiger partial charge in [-0.2, -0.15) is 8.78 Å². The zero-order valence-electron chi connectivity index (χ0n) is 15.7. The maximum absolute atomic E-state index is 12.5. The molecule has 1 aliphatic heterocycles. The van der Waals surface area contributed by atoms with E-state index < -0.39 is 6.61 Å². The lowest BCUT2D eigenvalue weighted by molar-refractivity contribution is -0.133. The van der Waals surface area contributed by atoms with Crippen LogP contribution in [0.1, 0.15) is 32.3 Å². The third kappa shape index (κ3) is 6.12. The molecule has 146 valence electrons. The zero-order chi connectivity index (χ0) is 19.1. The first-order valence-corrected chi connectivity index (χ1v) is 9.06. The number of likely N-dealkylation sites (N-methyl/N-ethyl adjacent to an activating group) is 1.